The molecule has 2 aliphatic rings. The van der Waals surface area contributed by atoms with E-state index < -0.39 is 34.9 Å². The van der Waals surface area contributed by atoms with Crippen molar-refractivity contribution >= 4 is 35.6 Å². The number of imide groups is 1. The number of carbonyl (C=O) groups excluding carboxylic acids is 4. The highest BCUT2D eigenvalue weighted by atomic mass is 32.2. The van der Waals surface area contributed by atoms with E-state index in [-0.39, 0.29) is 23.9 Å². The minimum atomic E-state index is -1.24. The molecule has 0 unspecified atom stereocenters. The van der Waals surface area contributed by atoms with Crippen molar-refractivity contribution in [3.05, 3.63) is 35.6 Å². The minimum Gasteiger partial charge on any atom is -0.451 e. The van der Waals surface area contributed by atoms with Gasteiger partial charge in [0.2, 0.25) is 5.91 Å². The number of nitrogens with one attached hydrogen (secondary N) is 1. The Hall–Kier alpha value is -2.62. The third kappa shape index (κ3) is 3.48. The predicted octanol–water partition coefficient (Wildman–Crippen LogP) is 0.843. The highest BCUT2D eigenvalue weighted by Gasteiger charge is 2.57. The average Bonchev–Trinajstić information content (AvgIpc) is 3.14. The minimum absolute atomic E-state index is 0.208. The van der Waals surface area contributed by atoms with Gasteiger partial charge in [-0.25, -0.2) is 14.0 Å². The molecule has 2 saturated heterocycles. The summed E-state index contributed by atoms with van der Waals surface area (Å²) >= 11 is 1.41. The van der Waals surface area contributed by atoms with Crippen LogP contribution in [0.2, 0.25) is 0 Å². The zero-order chi connectivity index (χ0) is 19.8. The molecule has 3 atom stereocenters. The molecule has 0 spiro atoms. The van der Waals surface area contributed by atoms with E-state index in [0.29, 0.717) is 6.42 Å². The molecule has 10 heteroatoms. The van der Waals surface area contributed by atoms with Gasteiger partial charge in [-0.1, -0.05) is 12.1 Å². The van der Waals surface area contributed by atoms with Crippen LogP contribution < -0.4 is 11.1 Å². The molecule has 1 aromatic carbocycles. The topological polar surface area (TPSA) is 119 Å². The number of urea groups is 1. The Morgan fingerprint density at radius 3 is 2.67 bits per heavy atom. The number of nitrogens with zero attached hydrogens (tertiary/aromatic N) is 1. The molecule has 4 amide bonds. The van der Waals surface area contributed by atoms with Crippen molar-refractivity contribution < 1.29 is 28.3 Å². The lowest BCUT2D eigenvalue weighted by atomic mass is 10.0. The summed E-state index contributed by atoms with van der Waals surface area (Å²) in [6.07, 6.45) is -0.497. The second-order valence-corrected chi connectivity index (χ2v) is 7.61. The molecule has 3 N–H and O–H groups in total. The van der Waals surface area contributed by atoms with Crippen molar-refractivity contribution in [1.29, 1.82) is 0 Å². The van der Waals surface area contributed by atoms with Gasteiger partial charge in [0, 0.05) is 12.2 Å². The van der Waals surface area contributed by atoms with E-state index >= 15 is 0 Å². The molecule has 144 valence electrons. The zero-order valence-corrected chi connectivity index (χ0v) is 15.3. The van der Waals surface area contributed by atoms with Crippen molar-refractivity contribution in [2.45, 2.75) is 36.8 Å². The Bertz CT molecular complexity index is 802. The summed E-state index contributed by atoms with van der Waals surface area (Å²) < 4.78 is 18.4. The lowest BCUT2D eigenvalue weighted by Crippen LogP contribution is -2.49. The molecule has 27 heavy (non-hydrogen) atoms. The molecular weight excluding hydrogens is 377 g/mol. The molecule has 0 bridgehead atoms. The summed E-state index contributed by atoms with van der Waals surface area (Å²) in [6, 6.07) is 3.90. The predicted molar refractivity (Wildman–Crippen MR) is 93.7 cm³/mol. The van der Waals surface area contributed by atoms with Gasteiger partial charge in [-0.3, -0.25) is 14.9 Å². The van der Waals surface area contributed by atoms with Crippen molar-refractivity contribution in [3.63, 3.8) is 0 Å². The third-order valence-electron chi connectivity index (χ3n) is 4.60. The van der Waals surface area contributed by atoms with Gasteiger partial charge in [-0.2, -0.15) is 0 Å². The fourth-order valence-electron chi connectivity index (χ4n) is 3.36. The van der Waals surface area contributed by atoms with E-state index in [1.165, 1.54) is 35.7 Å². The second-order valence-electron chi connectivity index (χ2n) is 6.31. The van der Waals surface area contributed by atoms with E-state index in [4.69, 9.17) is 10.5 Å². The number of hydrogen-bond donors (Lipinski definition) is 2. The lowest BCUT2D eigenvalue weighted by molar-refractivity contribution is -0.161. The Morgan fingerprint density at radius 1 is 1.37 bits per heavy atom. The van der Waals surface area contributed by atoms with E-state index in [1.807, 2.05) is 5.32 Å². The Labute approximate surface area is 158 Å². The number of esters is 1. The first-order chi connectivity index (χ1) is 12.7. The lowest BCUT2D eigenvalue weighted by Gasteiger charge is -2.33. The van der Waals surface area contributed by atoms with E-state index in [9.17, 15) is 23.6 Å². The van der Waals surface area contributed by atoms with Crippen LogP contribution in [0.1, 0.15) is 25.3 Å². The summed E-state index contributed by atoms with van der Waals surface area (Å²) in [7, 11) is 0. The number of fused-ring (bicyclic) bond motifs is 1. The summed E-state index contributed by atoms with van der Waals surface area (Å²) in [5.74, 6) is -1.90. The SMILES string of the molecule is C[C@H](OC(=O)[C@@H]1CS[C@]2(c3ccc(F)cc3)CCC(=O)N12)C(=O)NC(N)=O. The normalized spacial score (nSPS) is 25.0. The van der Waals surface area contributed by atoms with Crippen LogP contribution in [-0.2, 0) is 24.0 Å². The van der Waals surface area contributed by atoms with Crippen LogP contribution in [0.4, 0.5) is 9.18 Å². The number of primary amides is 1. The number of amides is 4. The second kappa shape index (κ2) is 7.18. The van der Waals surface area contributed by atoms with Gasteiger partial charge in [0.15, 0.2) is 6.10 Å². The zero-order valence-electron chi connectivity index (χ0n) is 14.4. The van der Waals surface area contributed by atoms with Crippen LogP contribution in [0, 0.1) is 5.82 Å². The number of hydrogen-bond acceptors (Lipinski definition) is 6. The monoisotopic (exact) mass is 395 g/mol. The van der Waals surface area contributed by atoms with Gasteiger partial charge in [0.25, 0.3) is 5.91 Å². The first-order valence-corrected chi connectivity index (χ1v) is 9.26. The number of carbonyl (C=O) groups is 4. The third-order valence-corrected chi connectivity index (χ3v) is 6.20. The van der Waals surface area contributed by atoms with Gasteiger partial charge < -0.3 is 15.4 Å². The number of halogens is 1. The summed E-state index contributed by atoms with van der Waals surface area (Å²) in [5.41, 5.74) is 5.60. The maximum absolute atomic E-state index is 13.3. The molecule has 0 aromatic heterocycles. The smallest absolute Gasteiger partial charge is 0.330 e. The molecule has 1 aromatic rings. The summed E-state index contributed by atoms with van der Waals surface area (Å²) in [6.45, 7) is 1.30. The highest BCUT2D eigenvalue weighted by molar-refractivity contribution is 8.00. The van der Waals surface area contributed by atoms with Gasteiger partial charge in [0.05, 0.1) is 0 Å². The molecule has 8 nitrogen and oxygen atoms in total. The maximum atomic E-state index is 13.3. The quantitative estimate of drug-likeness (QED) is 0.730. The number of thioether (sulfide) groups is 1. The summed E-state index contributed by atoms with van der Waals surface area (Å²) in [5, 5.41) is 1.83. The molecule has 3 rings (SSSR count). The van der Waals surface area contributed by atoms with Gasteiger partial charge in [-0.15, -0.1) is 11.8 Å². The van der Waals surface area contributed by atoms with Gasteiger partial charge in [0.1, 0.15) is 16.7 Å². The first-order valence-electron chi connectivity index (χ1n) is 8.27. The Morgan fingerprint density at radius 2 is 2.04 bits per heavy atom. The van der Waals surface area contributed by atoms with Crippen LogP contribution in [0.5, 0.6) is 0 Å². The largest absolute Gasteiger partial charge is 0.451 e. The molecule has 0 radical (unpaired) electrons. The molecule has 0 saturated carbocycles. The van der Waals surface area contributed by atoms with Crippen LogP contribution in [-0.4, -0.2) is 46.6 Å². The average molecular weight is 395 g/mol. The van der Waals surface area contributed by atoms with Crippen LogP contribution in [0.3, 0.4) is 0 Å². The van der Waals surface area contributed by atoms with E-state index in [1.54, 1.807) is 12.1 Å². The van der Waals surface area contributed by atoms with Gasteiger partial charge in [-0.05, 0) is 31.0 Å². The number of ether oxygens (including phenoxy) is 1. The molecule has 2 aliphatic heterocycles. The Balaban J connectivity index is 1.79. The number of rotatable bonds is 4. The fourth-order valence-corrected chi connectivity index (χ4v) is 4.99. The summed E-state index contributed by atoms with van der Waals surface area (Å²) in [4.78, 5) is 48.2. The molecule has 0 aliphatic carbocycles. The van der Waals surface area contributed by atoms with Crippen LogP contribution in [0.25, 0.3) is 0 Å². The standard InChI is InChI=1S/C17H18FN3O5S/c1-9(14(23)20-16(19)25)26-15(24)12-8-27-17(7-6-13(22)21(12)17)10-2-4-11(18)5-3-10/h2-5,9,12H,6-8H2,1H3,(H3,19,20,23,25)/t9-,12-,17-/m0/s1. The molecule has 2 heterocycles. The maximum Gasteiger partial charge on any atom is 0.330 e. The fraction of sp³-hybridized carbons (Fsp3) is 0.412. The van der Waals surface area contributed by atoms with E-state index in [2.05, 4.69) is 0 Å². The number of nitrogens with two attached hydrogens (primary N) is 1. The van der Waals surface area contributed by atoms with Crippen LogP contribution >= 0.6 is 11.8 Å². The van der Waals surface area contributed by atoms with Crippen LogP contribution in [0.15, 0.2) is 24.3 Å². The van der Waals surface area contributed by atoms with Crippen molar-refractivity contribution in [3.8, 4) is 0 Å². The first kappa shape index (κ1) is 19.2. The highest BCUT2D eigenvalue weighted by Crippen LogP contribution is 2.54. The Kier molecular flexibility index (Phi) is 5.09. The van der Waals surface area contributed by atoms with Gasteiger partial charge >= 0.3 is 12.0 Å². The van der Waals surface area contributed by atoms with Crippen molar-refractivity contribution in [1.82, 2.24) is 10.2 Å². The van der Waals surface area contributed by atoms with Crippen molar-refractivity contribution in [2.75, 3.05) is 5.75 Å². The molecule has 2 fully saturated rings. The van der Waals surface area contributed by atoms with E-state index in [0.717, 1.165) is 5.56 Å². The van der Waals surface area contributed by atoms with Crippen molar-refractivity contribution in [2.24, 2.45) is 5.73 Å². The number of benzene rings is 1. The molecular formula is C17H18FN3O5S.